The van der Waals surface area contributed by atoms with Crippen molar-refractivity contribution in [3.05, 3.63) is 33.5 Å². The Balaban J connectivity index is 3.07. The maximum atomic E-state index is 8.27. The Bertz CT molecular complexity index is 355. The highest BCUT2D eigenvalue weighted by Crippen LogP contribution is 2.18. The first-order valence-corrected chi connectivity index (χ1v) is 4.29. The van der Waals surface area contributed by atoms with Crippen molar-refractivity contribution in [3.63, 3.8) is 0 Å². The van der Waals surface area contributed by atoms with Gasteiger partial charge >= 0.3 is 0 Å². The minimum Gasteiger partial charge on any atom is -0.236 e. The highest BCUT2D eigenvalue weighted by Gasteiger charge is 1.97. The summed E-state index contributed by atoms with van der Waals surface area (Å²) in [4.78, 5) is 3.99. The van der Waals surface area contributed by atoms with E-state index in [0.717, 1.165) is 4.47 Å². The fourth-order valence-corrected chi connectivity index (χ4v) is 1.17. The highest BCUT2D eigenvalue weighted by atomic mass is 79.9. The van der Waals surface area contributed by atoms with E-state index in [9.17, 15) is 0 Å². The predicted octanol–water partition coefficient (Wildman–Crippen LogP) is 3.03. The van der Waals surface area contributed by atoms with Crippen molar-refractivity contribution in [2.24, 2.45) is 0 Å². The summed E-state index contributed by atoms with van der Waals surface area (Å²) in [5.74, 6) is 0. The summed E-state index contributed by atoms with van der Waals surface area (Å²) in [5.41, 5.74) is 0.657. The van der Waals surface area contributed by atoms with Gasteiger partial charge in [-0.2, -0.15) is 5.26 Å². The molecule has 0 spiro atoms. The van der Waals surface area contributed by atoms with Gasteiger partial charge in [-0.1, -0.05) is 11.6 Å². The van der Waals surface area contributed by atoms with Crippen LogP contribution in [0.2, 0.25) is 5.15 Å². The average Bonchev–Trinajstić information content (AvgIpc) is 2.07. The Kier molecular flexibility index (Phi) is 3.27. The van der Waals surface area contributed by atoms with E-state index < -0.39 is 0 Å². The van der Waals surface area contributed by atoms with Crippen molar-refractivity contribution in [2.75, 3.05) is 0 Å². The summed E-state index contributed by atoms with van der Waals surface area (Å²) in [5, 5.41) is 8.69. The lowest BCUT2D eigenvalue weighted by atomic mass is 10.3. The largest absolute Gasteiger partial charge is 0.236 e. The van der Waals surface area contributed by atoms with Crippen LogP contribution in [0.3, 0.4) is 0 Å². The van der Waals surface area contributed by atoms with Crippen LogP contribution in [0, 0.1) is 11.3 Å². The Morgan fingerprint density at radius 1 is 1.58 bits per heavy atom. The number of rotatable bonds is 1. The Labute approximate surface area is 83.6 Å². The lowest BCUT2D eigenvalue weighted by molar-refractivity contribution is 1.27. The molecule has 0 N–H and O–H groups in total. The van der Waals surface area contributed by atoms with E-state index in [0.29, 0.717) is 10.8 Å². The van der Waals surface area contributed by atoms with E-state index in [1.54, 1.807) is 18.2 Å². The number of halogens is 2. The molecule has 60 valence electrons. The molecule has 0 aliphatic rings. The smallest absolute Gasteiger partial charge is 0.129 e. The van der Waals surface area contributed by atoms with Gasteiger partial charge in [-0.05, 0) is 34.1 Å². The maximum absolute atomic E-state index is 8.27. The van der Waals surface area contributed by atoms with Crippen molar-refractivity contribution >= 4 is 33.6 Å². The molecule has 0 amide bonds. The molecule has 0 bridgehead atoms. The van der Waals surface area contributed by atoms with Crippen LogP contribution >= 0.6 is 27.5 Å². The Morgan fingerprint density at radius 3 is 3.00 bits per heavy atom. The Hall–Kier alpha value is -0.850. The number of nitrogens with zero attached hydrogens (tertiary/aromatic N) is 2. The first-order valence-electron chi connectivity index (χ1n) is 3.12. The van der Waals surface area contributed by atoms with Crippen LogP contribution in [0.4, 0.5) is 0 Å². The van der Waals surface area contributed by atoms with Crippen LogP contribution in [0.25, 0.3) is 6.08 Å². The summed E-state index contributed by atoms with van der Waals surface area (Å²) < 4.78 is 0.818. The summed E-state index contributed by atoms with van der Waals surface area (Å²) in [6, 6.07) is 5.34. The third-order valence-electron chi connectivity index (χ3n) is 1.15. The molecule has 0 atom stereocenters. The minimum atomic E-state index is 0.413. The van der Waals surface area contributed by atoms with E-state index in [4.69, 9.17) is 16.9 Å². The molecular weight excluding hydrogens is 239 g/mol. The van der Waals surface area contributed by atoms with Crippen molar-refractivity contribution in [1.82, 2.24) is 4.98 Å². The number of hydrogen-bond donors (Lipinski definition) is 0. The molecule has 0 fully saturated rings. The standard InChI is InChI=1S/C8H4BrClN2/c9-6-3-4-8(10)12-7(6)2-1-5-11/h1-4H/b2-1+. The van der Waals surface area contributed by atoms with Gasteiger partial charge in [0.25, 0.3) is 0 Å². The fraction of sp³-hybridized carbons (Fsp3) is 0. The van der Waals surface area contributed by atoms with Crippen LogP contribution < -0.4 is 0 Å². The number of allylic oxidation sites excluding steroid dienone is 1. The molecule has 0 saturated carbocycles. The molecule has 1 aromatic heterocycles. The third-order valence-corrected chi connectivity index (χ3v) is 2.04. The first-order chi connectivity index (χ1) is 5.74. The molecule has 0 radical (unpaired) electrons. The molecule has 1 rings (SSSR count). The number of nitriles is 1. The third kappa shape index (κ3) is 2.33. The van der Waals surface area contributed by atoms with Crippen LogP contribution in [-0.2, 0) is 0 Å². The quantitative estimate of drug-likeness (QED) is 0.561. The van der Waals surface area contributed by atoms with Gasteiger partial charge in [0.2, 0.25) is 0 Å². The van der Waals surface area contributed by atoms with Crippen LogP contribution in [0.1, 0.15) is 5.69 Å². The second-order valence-corrected chi connectivity index (χ2v) is 3.21. The lowest BCUT2D eigenvalue weighted by Gasteiger charge is -1.96. The van der Waals surface area contributed by atoms with Gasteiger partial charge in [-0.3, -0.25) is 0 Å². The fourth-order valence-electron chi connectivity index (χ4n) is 0.666. The van der Waals surface area contributed by atoms with Gasteiger partial charge in [-0.15, -0.1) is 0 Å². The first kappa shape index (κ1) is 9.24. The van der Waals surface area contributed by atoms with E-state index in [-0.39, 0.29) is 0 Å². The van der Waals surface area contributed by atoms with Crippen molar-refractivity contribution in [2.45, 2.75) is 0 Å². The zero-order valence-electron chi connectivity index (χ0n) is 5.96. The molecule has 12 heavy (non-hydrogen) atoms. The van der Waals surface area contributed by atoms with Crippen molar-refractivity contribution in [3.8, 4) is 6.07 Å². The maximum Gasteiger partial charge on any atom is 0.129 e. The van der Waals surface area contributed by atoms with Crippen LogP contribution in [0.5, 0.6) is 0 Å². The number of aromatic nitrogens is 1. The molecule has 1 aromatic rings. The summed E-state index contributed by atoms with van der Waals surface area (Å²) >= 11 is 8.93. The second kappa shape index (κ2) is 4.24. The van der Waals surface area contributed by atoms with Gasteiger partial charge in [0.1, 0.15) is 5.15 Å². The molecular formula is C8H4BrClN2. The van der Waals surface area contributed by atoms with Crippen molar-refractivity contribution < 1.29 is 0 Å². The zero-order valence-corrected chi connectivity index (χ0v) is 8.30. The molecule has 0 aliphatic carbocycles. The highest BCUT2D eigenvalue weighted by molar-refractivity contribution is 9.10. The summed E-state index contributed by atoms with van der Waals surface area (Å²) in [7, 11) is 0. The van der Waals surface area contributed by atoms with E-state index >= 15 is 0 Å². The van der Waals surface area contributed by atoms with E-state index in [1.807, 2.05) is 6.07 Å². The average molecular weight is 243 g/mol. The predicted molar refractivity (Wildman–Crippen MR) is 51.6 cm³/mol. The molecule has 1 heterocycles. The molecule has 0 unspecified atom stereocenters. The second-order valence-electron chi connectivity index (χ2n) is 1.96. The molecule has 0 saturated heterocycles. The summed E-state index contributed by atoms with van der Waals surface area (Å²) in [6.07, 6.45) is 2.94. The topological polar surface area (TPSA) is 36.7 Å². The van der Waals surface area contributed by atoms with Gasteiger partial charge in [0, 0.05) is 10.5 Å². The van der Waals surface area contributed by atoms with E-state index in [1.165, 1.54) is 6.08 Å². The van der Waals surface area contributed by atoms with E-state index in [2.05, 4.69) is 20.9 Å². The number of hydrogen-bond acceptors (Lipinski definition) is 2. The molecule has 0 aliphatic heterocycles. The molecule has 0 aromatic carbocycles. The monoisotopic (exact) mass is 242 g/mol. The Morgan fingerprint density at radius 2 is 2.33 bits per heavy atom. The van der Waals surface area contributed by atoms with Gasteiger partial charge in [0.15, 0.2) is 0 Å². The molecule has 2 nitrogen and oxygen atoms in total. The van der Waals surface area contributed by atoms with Gasteiger partial charge < -0.3 is 0 Å². The van der Waals surface area contributed by atoms with Gasteiger partial charge in [-0.25, -0.2) is 4.98 Å². The van der Waals surface area contributed by atoms with Crippen LogP contribution in [-0.4, -0.2) is 4.98 Å². The van der Waals surface area contributed by atoms with Crippen LogP contribution in [0.15, 0.2) is 22.7 Å². The summed E-state index contributed by atoms with van der Waals surface area (Å²) in [6.45, 7) is 0. The SMILES string of the molecule is N#C/C=C/c1nc(Cl)ccc1Br. The zero-order chi connectivity index (χ0) is 8.97. The normalized spacial score (nSPS) is 10.1. The molecule has 4 heteroatoms. The lowest BCUT2D eigenvalue weighted by Crippen LogP contribution is -1.82. The number of pyridine rings is 1. The van der Waals surface area contributed by atoms with Gasteiger partial charge in [0.05, 0.1) is 11.8 Å². The minimum absolute atomic E-state index is 0.413. The van der Waals surface area contributed by atoms with Crippen molar-refractivity contribution in [1.29, 1.82) is 5.26 Å².